The Balaban J connectivity index is 1.36. The predicted octanol–water partition coefficient (Wildman–Crippen LogP) is 4.78. The number of thioether (sulfide) groups is 1. The van der Waals surface area contributed by atoms with Gasteiger partial charge in [-0.2, -0.15) is 0 Å². The average molecular weight is 431 g/mol. The SMILES string of the molecule is O=C(CN1C(=O)CSC=C1c1ccccc1)Nc1ccc(OCc2ccccc2)cc1. The van der Waals surface area contributed by atoms with Gasteiger partial charge in [0.15, 0.2) is 0 Å². The van der Waals surface area contributed by atoms with Crippen molar-refractivity contribution in [2.24, 2.45) is 0 Å². The highest BCUT2D eigenvalue weighted by atomic mass is 32.2. The van der Waals surface area contributed by atoms with Crippen LogP contribution in [0.5, 0.6) is 5.75 Å². The Hall–Kier alpha value is -3.51. The summed E-state index contributed by atoms with van der Waals surface area (Å²) in [6.45, 7) is 0.447. The van der Waals surface area contributed by atoms with Crippen LogP contribution in [-0.4, -0.2) is 29.0 Å². The molecular weight excluding hydrogens is 408 g/mol. The molecule has 31 heavy (non-hydrogen) atoms. The summed E-state index contributed by atoms with van der Waals surface area (Å²) < 4.78 is 5.78. The number of carbonyl (C=O) groups is 2. The largest absolute Gasteiger partial charge is 0.489 e. The normalized spacial score (nSPS) is 13.5. The van der Waals surface area contributed by atoms with E-state index in [1.54, 1.807) is 17.0 Å². The number of hydrogen-bond acceptors (Lipinski definition) is 4. The summed E-state index contributed by atoms with van der Waals surface area (Å²) in [6.07, 6.45) is 0. The number of nitrogens with zero attached hydrogens (tertiary/aromatic N) is 1. The van der Waals surface area contributed by atoms with Crippen LogP contribution >= 0.6 is 11.8 Å². The lowest BCUT2D eigenvalue weighted by molar-refractivity contribution is -0.129. The van der Waals surface area contributed by atoms with E-state index in [1.807, 2.05) is 78.2 Å². The van der Waals surface area contributed by atoms with E-state index in [2.05, 4.69) is 5.32 Å². The van der Waals surface area contributed by atoms with Crippen LogP contribution in [-0.2, 0) is 16.2 Å². The zero-order valence-electron chi connectivity index (χ0n) is 16.9. The van der Waals surface area contributed by atoms with E-state index in [1.165, 1.54) is 11.8 Å². The van der Waals surface area contributed by atoms with Gasteiger partial charge in [-0.15, -0.1) is 11.8 Å². The lowest BCUT2D eigenvalue weighted by atomic mass is 10.1. The topological polar surface area (TPSA) is 58.6 Å². The minimum absolute atomic E-state index is 0.0353. The summed E-state index contributed by atoms with van der Waals surface area (Å²) in [5.41, 5.74) is 3.41. The molecule has 5 nitrogen and oxygen atoms in total. The van der Waals surface area contributed by atoms with Crippen molar-refractivity contribution in [2.45, 2.75) is 6.61 Å². The molecule has 1 aliphatic rings. The number of hydrogen-bond donors (Lipinski definition) is 1. The monoisotopic (exact) mass is 430 g/mol. The molecule has 156 valence electrons. The van der Waals surface area contributed by atoms with Crippen LogP contribution in [0.15, 0.2) is 90.3 Å². The minimum Gasteiger partial charge on any atom is -0.489 e. The van der Waals surface area contributed by atoms with Crippen molar-refractivity contribution in [1.82, 2.24) is 4.90 Å². The molecule has 0 spiro atoms. The lowest BCUT2D eigenvalue weighted by Gasteiger charge is -2.28. The van der Waals surface area contributed by atoms with Crippen LogP contribution in [0.3, 0.4) is 0 Å². The maximum absolute atomic E-state index is 12.6. The Morgan fingerprint density at radius 2 is 1.61 bits per heavy atom. The van der Waals surface area contributed by atoms with Crippen molar-refractivity contribution in [1.29, 1.82) is 0 Å². The van der Waals surface area contributed by atoms with Crippen LogP contribution < -0.4 is 10.1 Å². The molecule has 0 saturated carbocycles. The predicted molar refractivity (Wildman–Crippen MR) is 124 cm³/mol. The fraction of sp³-hybridized carbons (Fsp3) is 0.120. The van der Waals surface area contributed by atoms with Crippen LogP contribution in [0.1, 0.15) is 11.1 Å². The quantitative estimate of drug-likeness (QED) is 0.586. The van der Waals surface area contributed by atoms with E-state index >= 15 is 0 Å². The third kappa shape index (κ3) is 5.55. The average Bonchev–Trinajstić information content (AvgIpc) is 2.81. The van der Waals surface area contributed by atoms with Gasteiger partial charge in [-0.25, -0.2) is 0 Å². The molecule has 4 rings (SSSR count). The second-order valence-electron chi connectivity index (χ2n) is 7.01. The molecule has 6 heteroatoms. The van der Waals surface area contributed by atoms with Crippen molar-refractivity contribution < 1.29 is 14.3 Å². The molecule has 2 amide bonds. The zero-order valence-corrected chi connectivity index (χ0v) is 17.7. The highest BCUT2D eigenvalue weighted by Gasteiger charge is 2.25. The fourth-order valence-corrected chi connectivity index (χ4v) is 4.00. The van der Waals surface area contributed by atoms with E-state index < -0.39 is 0 Å². The van der Waals surface area contributed by atoms with Gasteiger partial charge in [0.2, 0.25) is 11.8 Å². The summed E-state index contributed by atoms with van der Waals surface area (Å²) >= 11 is 1.45. The molecule has 1 N–H and O–H groups in total. The summed E-state index contributed by atoms with van der Waals surface area (Å²) in [6, 6.07) is 26.8. The zero-order chi connectivity index (χ0) is 21.5. The van der Waals surface area contributed by atoms with E-state index in [0.29, 0.717) is 18.0 Å². The number of amides is 2. The van der Waals surface area contributed by atoms with Gasteiger partial charge in [-0.1, -0.05) is 60.7 Å². The summed E-state index contributed by atoms with van der Waals surface area (Å²) in [7, 11) is 0. The molecule has 0 atom stereocenters. The fourth-order valence-electron chi connectivity index (χ4n) is 3.19. The molecule has 1 heterocycles. The van der Waals surface area contributed by atoms with Crippen LogP contribution in [0, 0.1) is 0 Å². The maximum Gasteiger partial charge on any atom is 0.244 e. The van der Waals surface area contributed by atoms with Gasteiger partial charge in [0, 0.05) is 5.69 Å². The molecule has 0 unspecified atom stereocenters. The summed E-state index contributed by atoms with van der Waals surface area (Å²) in [5.74, 6) is 0.724. The van der Waals surface area contributed by atoms with Crippen LogP contribution in [0.4, 0.5) is 5.69 Å². The van der Waals surface area contributed by atoms with Crippen molar-refractivity contribution in [2.75, 3.05) is 17.6 Å². The Kier molecular flexibility index (Phi) is 6.69. The number of carbonyl (C=O) groups excluding carboxylic acids is 2. The Morgan fingerprint density at radius 3 is 2.32 bits per heavy atom. The van der Waals surface area contributed by atoms with E-state index in [4.69, 9.17) is 4.74 Å². The molecule has 0 bridgehead atoms. The van der Waals surface area contributed by atoms with Gasteiger partial charge in [-0.05, 0) is 40.8 Å². The minimum atomic E-state index is -0.250. The van der Waals surface area contributed by atoms with E-state index in [0.717, 1.165) is 22.6 Å². The standard InChI is InChI=1S/C25H22N2O3S/c28-24(15-27-23(17-31-18-25(27)29)20-9-5-2-6-10-20)26-21-11-13-22(14-12-21)30-16-19-7-3-1-4-8-19/h1-14,17H,15-16,18H2,(H,26,28). The van der Waals surface area contributed by atoms with Gasteiger partial charge in [0.05, 0.1) is 11.4 Å². The third-order valence-corrected chi connectivity index (χ3v) is 5.55. The second kappa shape index (κ2) is 10.00. The maximum atomic E-state index is 12.6. The first-order valence-corrected chi connectivity index (χ1v) is 11.0. The molecular formula is C25H22N2O3S. The van der Waals surface area contributed by atoms with Crippen molar-refractivity contribution >= 4 is 35.0 Å². The molecule has 0 aliphatic carbocycles. The van der Waals surface area contributed by atoms with Gasteiger partial charge in [-0.3, -0.25) is 9.59 Å². The summed E-state index contributed by atoms with van der Waals surface area (Å²) in [5, 5.41) is 4.79. The number of nitrogens with one attached hydrogen (secondary N) is 1. The van der Waals surface area contributed by atoms with E-state index in [9.17, 15) is 9.59 Å². The molecule has 3 aromatic rings. The van der Waals surface area contributed by atoms with Crippen molar-refractivity contribution in [3.05, 3.63) is 101 Å². The van der Waals surface area contributed by atoms with Gasteiger partial charge >= 0.3 is 0 Å². The molecule has 0 saturated heterocycles. The van der Waals surface area contributed by atoms with Crippen molar-refractivity contribution in [3.8, 4) is 5.75 Å². The van der Waals surface area contributed by atoms with Crippen LogP contribution in [0.2, 0.25) is 0 Å². The van der Waals surface area contributed by atoms with Crippen LogP contribution in [0.25, 0.3) is 5.70 Å². The first kappa shape index (κ1) is 20.8. The van der Waals surface area contributed by atoms with Crippen molar-refractivity contribution in [3.63, 3.8) is 0 Å². The molecule has 3 aromatic carbocycles. The van der Waals surface area contributed by atoms with E-state index in [-0.39, 0.29) is 18.4 Å². The molecule has 0 fully saturated rings. The number of benzene rings is 3. The summed E-state index contributed by atoms with van der Waals surface area (Å²) in [4.78, 5) is 26.6. The van der Waals surface area contributed by atoms with Gasteiger partial charge < -0.3 is 15.0 Å². The number of ether oxygens (including phenoxy) is 1. The highest BCUT2D eigenvalue weighted by molar-refractivity contribution is 8.03. The molecule has 0 radical (unpaired) electrons. The third-order valence-electron chi connectivity index (χ3n) is 4.75. The number of rotatable bonds is 7. The molecule has 1 aliphatic heterocycles. The highest BCUT2D eigenvalue weighted by Crippen LogP contribution is 2.28. The first-order chi connectivity index (χ1) is 15.2. The second-order valence-corrected chi connectivity index (χ2v) is 7.86. The smallest absolute Gasteiger partial charge is 0.244 e. The lowest BCUT2D eigenvalue weighted by Crippen LogP contribution is -2.39. The number of anilines is 1. The van der Waals surface area contributed by atoms with Gasteiger partial charge in [0.1, 0.15) is 18.9 Å². The Bertz CT molecular complexity index is 1070. The van der Waals surface area contributed by atoms with Gasteiger partial charge in [0.25, 0.3) is 0 Å². The Labute approximate surface area is 185 Å². The molecule has 0 aromatic heterocycles. The first-order valence-electron chi connectivity index (χ1n) is 9.93. The Morgan fingerprint density at radius 1 is 0.935 bits per heavy atom.